The number of nitrogens with one attached hydrogen (secondary N) is 1. The molecule has 0 radical (unpaired) electrons. The van der Waals surface area contributed by atoms with Crippen LogP contribution in [0.1, 0.15) is 13.3 Å². The van der Waals surface area contributed by atoms with E-state index in [1.54, 1.807) is 6.92 Å². The van der Waals surface area contributed by atoms with E-state index in [9.17, 15) is 8.42 Å². The zero-order chi connectivity index (χ0) is 12.3. The van der Waals surface area contributed by atoms with E-state index in [1.807, 2.05) is 0 Å². The Morgan fingerprint density at radius 1 is 1.75 bits per heavy atom. The highest BCUT2D eigenvalue weighted by atomic mass is 35.5. The summed E-state index contributed by atoms with van der Waals surface area (Å²) in [5.41, 5.74) is 0. The monoisotopic (exact) mass is 261 g/mol. The largest absolute Gasteiger partial charge is 0.259 e. The van der Waals surface area contributed by atoms with Crippen LogP contribution < -0.4 is 4.72 Å². The molecule has 88 valence electrons. The van der Waals surface area contributed by atoms with Gasteiger partial charge in [-0.05, 0) is 6.92 Å². The normalized spacial score (nSPS) is 13.4. The Morgan fingerprint density at radius 3 is 2.81 bits per heavy atom. The highest BCUT2D eigenvalue weighted by molar-refractivity contribution is 7.89. The molecule has 0 bridgehead atoms. The van der Waals surface area contributed by atoms with Crippen LogP contribution in [-0.4, -0.2) is 24.2 Å². The van der Waals surface area contributed by atoms with Gasteiger partial charge in [0.2, 0.25) is 0 Å². The Balaban J connectivity index is 3.00. The van der Waals surface area contributed by atoms with Gasteiger partial charge >= 0.3 is 0 Å². The van der Waals surface area contributed by atoms with Crippen molar-refractivity contribution < 1.29 is 8.42 Å². The first-order chi connectivity index (χ1) is 7.38. The Morgan fingerprint density at radius 2 is 2.38 bits per heavy atom. The quantitative estimate of drug-likeness (QED) is 0.814. The lowest BCUT2D eigenvalue weighted by molar-refractivity contribution is 0.547. The molecule has 0 aliphatic carbocycles. The van der Waals surface area contributed by atoms with Crippen molar-refractivity contribution in [2.75, 3.05) is 0 Å². The Labute approximate surface area is 99.8 Å². The number of nitrogens with zero attached hydrogens (tertiary/aromatic N) is 2. The number of aromatic nitrogens is 2. The summed E-state index contributed by atoms with van der Waals surface area (Å²) in [6.45, 7) is 1.68. The minimum Gasteiger partial charge on any atom is -0.255 e. The van der Waals surface area contributed by atoms with Gasteiger partial charge in [0.15, 0.2) is 5.03 Å². The first kappa shape index (κ1) is 13.0. The van der Waals surface area contributed by atoms with Crippen LogP contribution in [0.25, 0.3) is 0 Å². The molecule has 0 spiro atoms. The van der Waals surface area contributed by atoms with Gasteiger partial charge < -0.3 is 0 Å². The molecule has 1 atom stereocenters. The first-order valence-electron chi connectivity index (χ1n) is 4.51. The average molecular weight is 262 g/mol. The zero-order valence-corrected chi connectivity index (χ0v) is 10.5. The van der Waals surface area contributed by atoms with E-state index in [0.29, 0.717) is 6.42 Å². The maximum atomic E-state index is 11.9. The summed E-state index contributed by atoms with van der Waals surface area (Å²) in [7, 11) is -2.17. The standard InChI is InChI=1S/C9H12ClN3O2S/c1-4-5-7(2)12-16(14,15)9-8(10)6-11-13(9)3/h1,6-7,12H,5H2,2-3H3. The summed E-state index contributed by atoms with van der Waals surface area (Å²) in [5, 5.41) is 3.79. The molecular formula is C9H12ClN3O2S. The fourth-order valence-electron chi connectivity index (χ4n) is 1.24. The highest BCUT2D eigenvalue weighted by Crippen LogP contribution is 2.19. The first-order valence-corrected chi connectivity index (χ1v) is 6.38. The second kappa shape index (κ2) is 4.87. The van der Waals surface area contributed by atoms with Crippen LogP contribution in [0, 0.1) is 12.3 Å². The lowest BCUT2D eigenvalue weighted by Crippen LogP contribution is -2.33. The number of terminal acetylenes is 1. The summed E-state index contributed by atoms with van der Waals surface area (Å²) < 4.78 is 27.4. The van der Waals surface area contributed by atoms with Crippen molar-refractivity contribution in [3.63, 3.8) is 0 Å². The summed E-state index contributed by atoms with van der Waals surface area (Å²) in [6.07, 6.45) is 6.69. The Kier molecular flexibility index (Phi) is 3.97. The molecule has 16 heavy (non-hydrogen) atoms. The van der Waals surface area contributed by atoms with Gasteiger partial charge in [0.1, 0.15) is 0 Å². The summed E-state index contributed by atoms with van der Waals surface area (Å²) in [5.74, 6) is 2.38. The van der Waals surface area contributed by atoms with Crippen molar-refractivity contribution in [3.8, 4) is 12.3 Å². The van der Waals surface area contributed by atoms with E-state index in [4.69, 9.17) is 18.0 Å². The fraction of sp³-hybridized carbons (Fsp3) is 0.444. The number of hydrogen-bond acceptors (Lipinski definition) is 3. The maximum Gasteiger partial charge on any atom is 0.259 e. The molecule has 0 fully saturated rings. The van der Waals surface area contributed by atoms with Crippen LogP contribution >= 0.6 is 11.6 Å². The van der Waals surface area contributed by atoms with Crippen LogP contribution in [0.4, 0.5) is 0 Å². The van der Waals surface area contributed by atoms with E-state index >= 15 is 0 Å². The van der Waals surface area contributed by atoms with Gasteiger partial charge in [-0.2, -0.15) is 5.10 Å². The van der Waals surface area contributed by atoms with E-state index in [1.165, 1.54) is 17.9 Å². The van der Waals surface area contributed by atoms with Crippen molar-refractivity contribution in [1.82, 2.24) is 14.5 Å². The van der Waals surface area contributed by atoms with E-state index in [2.05, 4.69) is 15.7 Å². The molecule has 7 heteroatoms. The molecule has 1 heterocycles. The Hall–Kier alpha value is -1.03. The van der Waals surface area contributed by atoms with Crippen molar-refractivity contribution in [1.29, 1.82) is 0 Å². The SMILES string of the molecule is C#CCC(C)NS(=O)(=O)c1c(Cl)cnn1C. The molecule has 5 nitrogen and oxygen atoms in total. The van der Waals surface area contributed by atoms with Gasteiger partial charge in [-0.25, -0.2) is 13.1 Å². The third-order valence-electron chi connectivity index (χ3n) is 1.88. The molecule has 0 aliphatic heterocycles. The molecule has 0 saturated carbocycles. The summed E-state index contributed by atoms with van der Waals surface area (Å²) >= 11 is 5.75. The van der Waals surface area contributed by atoms with Crippen LogP contribution in [0.5, 0.6) is 0 Å². The molecule has 0 aliphatic rings. The summed E-state index contributed by atoms with van der Waals surface area (Å²) in [6, 6.07) is -0.346. The third-order valence-corrected chi connectivity index (χ3v) is 3.97. The van der Waals surface area contributed by atoms with Crippen LogP contribution in [0.3, 0.4) is 0 Å². The van der Waals surface area contributed by atoms with Gasteiger partial charge in [-0.3, -0.25) is 4.68 Å². The molecule has 1 N–H and O–H groups in total. The average Bonchev–Trinajstić information content (AvgIpc) is 2.45. The maximum absolute atomic E-state index is 11.9. The van der Waals surface area contributed by atoms with Gasteiger partial charge in [0, 0.05) is 19.5 Å². The number of rotatable bonds is 4. The molecule has 1 aromatic rings. The number of hydrogen-bond donors (Lipinski definition) is 1. The van der Waals surface area contributed by atoms with Gasteiger partial charge in [0.05, 0.1) is 11.2 Å². The molecule has 1 aromatic heterocycles. The van der Waals surface area contributed by atoms with Crippen LogP contribution in [0.15, 0.2) is 11.2 Å². The minimum absolute atomic E-state index is 0.0574. The molecule has 0 saturated heterocycles. The lowest BCUT2D eigenvalue weighted by atomic mass is 10.3. The molecule has 1 unspecified atom stereocenters. The van der Waals surface area contributed by atoms with Crippen molar-refractivity contribution >= 4 is 21.6 Å². The predicted octanol–water partition coefficient (Wildman–Crippen LogP) is 0.764. The van der Waals surface area contributed by atoms with Gasteiger partial charge in [-0.15, -0.1) is 12.3 Å². The zero-order valence-electron chi connectivity index (χ0n) is 8.94. The second-order valence-corrected chi connectivity index (χ2v) is 5.39. The molecule has 1 rings (SSSR count). The van der Waals surface area contributed by atoms with Gasteiger partial charge in [0.25, 0.3) is 10.0 Å². The molecular weight excluding hydrogens is 250 g/mol. The van der Waals surface area contributed by atoms with Crippen molar-refractivity contribution in [2.45, 2.75) is 24.4 Å². The smallest absolute Gasteiger partial charge is 0.255 e. The van der Waals surface area contributed by atoms with Crippen LogP contribution in [-0.2, 0) is 17.1 Å². The Bertz CT molecular complexity index is 496. The fourth-order valence-corrected chi connectivity index (χ4v) is 3.14. The third kappa shape index (κ3) is 2.76. The van der Waals surface area contributed by atoms with Crippen LogP contribution in [0.2, 0.25) is 5.02 Å². The summed E-state index contributed by atoms with van der Waals surface area (Å²) in [4.78, 5) is 0. The molecule has 0 aromatic carbocycles. The van der Waals surface area contributed by atoms with Crippen molar-refractivity contribution in [3.05, 3.63) is 11.2 Å². The number of halogens is 1. The topological polar surface area (TPSA) is 64.0 Å². The van der Waals surface area contributed by atoms with Gasteiger partial charge in [-0.1, -0.05) is 11.6 Å². The van der Waals surface area contributed by atoms with Crippen molar-refractivity contribution in [2.24, 2.45) is 7.05 Å². The number of aryl methyl sites for hydroxylation is 1. The molecule has 0 amide bonds. The van der Waals surface area contributed by atoms with E-state index < -0.39 is 10.0 Å². The van der Waals surface area contributed by atoms with E-state index in [0.717, 1.165) is 0 Å². The number of sulfonamides is 1. The minimum atomic E-state index is -3.68. The highest BCUT2D eigenvalue weighted by Gasteiger charge is 2.24. The second-order valence-electron chi connectivity index (χ2n) is 3.35. The van der Waals surface area contributed by atoms with E-state index in [-0.39, 0.29) is 16.1 Å². The predicted molar refractivity (Wildman–Crippen MR) is 61.5 cm³/mol. The lowest BCUT2D eigenvalue weighted by Gasteiger charge is -2.11.